The van der Waals surface area contributed by atoms with E-state index in [1.165, 1.54) is 18.0 Å². The number of hydrogen-bond donors (Lipinski definition) is 3. The third kappa shape index (κ3) is 4.81. The van der Waals surface area contributed by atoms with Gasteiger partial charge in [0.1, 0.15) is 0 Å². The fraction of sp³-hybridized carbons (Fsp3) is 0.0714. The molecular weight excluding hydrogens is 288 g/mol. The normalized spacial score (nSPS) is 9.90. The van der Waals surface area contributed by atoms with Gasteiger partial charge in [-0.05, 0) is 24.3 Å². The highest BCUT2D eigenvalue weighted by molar-refractivity contribution is 7.99. The zero-order valence-corrected chi connectivity index (χ0v) is 11.9. The molecule has 2 rings (SSSR count). The molecule has 0 aliphatic rings. The topological polar surface area (TPSA) is 97.1 Å². The number of anilines is 1. The number of hydrazine groups is 1. The molecule has 4 N–H and O–H groups in total. The summed E-state index contributed by atoms with van der Waals surface area (Å²) < 4.78 is 0. The Balaban J connectivity index is 1.75. The zero-order chi connectivity index (χ0) is 15.1. The number of carbonyl (C=O) groups is 2. The number of thioether (sulfide) groups is 1. The van der Waals surface area contributed by atoms with Crippen LogP contribution in [0.4, 0.5) is 5.69 Å². The van der Waals surface area contributed by atoms with Gasteiger partial charge in [-0.1, -0.05) is 30.0 Å². The van der Waals surface area contributed by atoms with E-state index in [2.05, 4.69) is 15.8 Å². The highest BCUT2D eigenvalue weighted by Gasteiger charge is 2.07. The molecule has 21 heavy (non-hydrogen) atoms. The molecule has 2 aromatic rings. The van der Waals surface area contributed by atoms with Crippen molar-refractivity contribution in [1.29, 1.82) is 0 Å². The van der Waals surface area contributed by atoms with Gasteiger partial charge in [0.15, 0.2) is 0 Å². The number of pyridine rings is 1. The monoisotopic (exact) mass is 302 g/mol. The SMILES string of the molecule is Nc1ccc(SCC(=O)NNC(=O)c2ccccc2)nc1. The molecule has 1 heterocycles. The minimum atomic E-state index is -0.362. The Bertz CT molecular complexity index is 617. The van der Waals surface area contributed by atoms with E-state index in [1.807, 2.05) is 6.07 Å². The maximum Gasteiger partial charge on any atom is 0.269 e. The van der Waals surface area contributed by atoms with Crippen LogP contribution in [0.2, 0.25) is 0 Å². The molecule has 0 atom stereocenters. The molecule has 1 aromatic carbocycles. The van der Waals surface area contributed by atoms with Crippen molar-refractivity contribution < 1.29 is 9.59 Å². The van der Waals surface area contributed by atoms with Crippen molar-refractivity contribution in [3.05, 3.63) is 54.2 Å². The first-order valence-corrected chi connectivity index (χ1v) is 7.12. The molecule has 0 aliphatic heterocycles. The Morgan fingerprint density at radius 3 is 2.52 bits per heavy atom. The van der Waals surface area contributed by atoms with Crippen LogP contribution in [-0.2, 0) is 4.79 Å². The van der Waals surface area contributed by atoms with Crippen LogP contribution in [0.3, 0.4) is 0 Å². The highest BCUT2D eigenvalue weighted by Crippen LogP contribution is 2.15. The van der Waals surface area contributed by atoms with Gasteiger partial charge in [0.2, 0.25) is 5.91 Å². The first-order valence-electron chi connectivity index (χ1n) is 6.14. The lowest BCUT2D eigenvalue weighted by Gasteiger charge is -2.07. The Morgan fingerprint density at radius 1 is 1.10 bits per heavy atom. The van der Waals surface area contributed by atoms with Gasteiger partial charge in [0.25, 0.3) is 5.91 Å². The minimum Gasteiger partial charge on any atom is -0.397 e. The Kier molecular flexibility index (Phi) is 5.16. The third-order valence-electron chi connectivity index (χ3n) is 2.46. The van der Waals surface area contributed by atoms with Crippen molar-refractivity contribution in [2.45, 2.75) is 5.03 Å². The predicted molar refractivity (Wildman–Crippen MR) is 81.4 cm³/mol. The van der Waals surface area contributed by atoms with Gasteiger partial charge in [-0.15, -0.1) is 0 Å². The summed E-state index contributed by atoms with van der Waals surface area (Å²) in [6.07, 6.45) is 1.53. The number of aromatic nitrogens is 1. The summed E-state index contributed by atoms with van der Waals surface area (Å²) in [5, 5.41) is 0.689. The van der Waals surface area contributed by atoms with Crippen molar-refractivity contribution >= 4 is 29.3 Å². The molecule has 1 aromatic heterocycles. The maximum atomic E-state index is 11.7. The van der Waals surface area contributed by atoms with Gasteiger partial charge in [-0.3, -0.25) is 20.4 Å². The number of carbonyl (C=O) groups excluding carboxylic acids is 2. The largest absolute Gasteiger partial charge is 0.397 e. The molecule has 2 amide bonds. The summed E-state index contributed by atoms with van der Waals surface area (Å²) in [6, 6.07) is 12.1. The predicted octanol–water partition coefficient (Wildman–Crippen LogP) is 1.22. The number of nitrogens with one attached hydrogen (secondary N) is 2. The smallest absolute Gasteiger partial charge is 0.269 e. The maximum absolute atomic E-state index is 11.7. The molecule has 0 fully saturated rings. The van der Waals surface area contributed by atoms with E-state index in [9.17, 15) is 9.59 Å². The summed E-state index contributed by atoms with van der Waals surface area (Å²) in [5.74, 6) is -0.533. The van der Waals surface area contributed by atoms with Crippen molar-refractivity contribution in [1.82, 2.24) is 15.8 Å². The van der Waals surface area contributed by atoms with Crippen molar-refractivity contribution in [2.75, 3.05) is 11.5 Å². The number of amides is 2. The van der Waals surface area contributed by atoms with E-state index in [-0.39, 0.29) is 17.6 Å². The number of nitrogens with two attached hydrogens (primary N) is 1. The van der Waals surface area contributed by atoms with Crippen LogP contribution in [-0.4, -0.2) is 22.6 Å². The molecule has 0 saturated heterocycles. The third-order valence-corrected chi connectivity index (χ3v) is 3.41. The Morgan fingerprint density at radius 2 is 1.86 bits per heavy atom. The second-order valence-corrected chi connectivity index (χ2v) is 5.08. The first kappa shape index (κ1) is 14.9. The second-order valence-electron chi connectivity index (χ2n) is 4.09. The van der Waals surface area contributed by atoms with Crippen molar-refractivity contribution in [2.24, 2.45) is 0 Å². The summed E-state index contributed by atoms with van der Waals surface area (Å²) in [6.45, 7) is 0. The molecular formula is C14H14N4O2S. The molecule has 0 spiro atoms. The van der Waals surface area contributed by atoms with Crippen LogP contribution < -0.4 is 16.6 Å². The Hall–Kier alpha value is -2.54. The summed E-state index contributed by atoms with van der Waals surface area (Å²) in [4.78, 5) is 27.4. The summed E-state index contributed by atoms with van der Waals surface area (Å²) in [5.41, 5.74) is 11.3. The molecule has 108 valence electrons. The zero-order valence-electron chi connectivity index (χ0n) is 11.1. The Labute approximate surface area is 126 Å². The van der Waals surface area contributed by atoms with E-state index < -0.39 is 0 Å². The molecule has 0 radical (unpaired) electrons. The van der Waals surface area contributed by atoms with Crippen LogP contribution in [0.1, 0.15) is 10.4 Å². The van der Waals surface area contributed by atoms with Gasteiger partial charge in [-0.25, -0.2) is 4.98 Å². The standard InChI is InChI=1S/C14H14N4O2S/c15-11-6-7-13(16-8-11)21-9-12(19)17-18-14(20)10-4-2-1-3-5-10/h1-8H,9,15H2,(H,17,19)(H,18,20). The van der Waals surface area contributed by atoms with Crippen LogP contribution in [0.5, 0.6) is 0 Å². The molecule has 0 bridgehead atoms. The molecule has 0 aliphatic carbocycles. The van der Waals surface area contributed by atoms with Crippen LogP contribution in [0, 0.1) is 0 Å². The molecule has 0 unspecified atom stereocenters. The van der Waals surface area contributed by atoms with E-state index in [0.29, 0.717) is 16.3 Å². The molecule has 7 heteroatoms. The average molecular weight is 302 g/mol. The van der Waals surface area contributed by atoms with Gasteiger partial charge in [-0.2, -0.15) is 0 Å². The lowest BCUT2D eigenvalue weighted by molar-refractivity contribution is -0.119. The van der Waals surface area contributed by atoms with Crippen LogP contribution in [0.25, 0.3) is 0 Å². The first-order chi connectivity index (χ1) is 10.1. The fourth-order valence-corrected chi connectivity index (χ4v) is 2.08. The fourth-order valence-electron chi connectivity index (χ4n) is 1.44. The lowest BCUT2D eigenvalue weighted by Crippen LogP contribution is -2.42. The molecule has 6 nitrogen and oxygen atoms in total. The van der Waals surface area contributed by atoms with Gasteiger partial charge < -0.3 is 5.73 Å². The summed E-state index contributed by atoms with van der Waals surface area (Å²) in [7, 11) is 0. The molecule has 0 saturated carbocycles. The van der Waals surface area contributed by atoms with Gasteiger partial charge >= 0.3 is 0 Å². The van der Waals surface area contributed by atoms with E-state index in [1.54, 1.807) is 36.4 Å². The number of benzene rings is 1. The average Bonchev–Trinajstić information content (AvgIpc) is 2.53. The highest BCUT2D eigenvalue weighted by atomic mass is 32.2. The number of nitrogens with zero attached hydrogens (tertiary/aromatic N) is 1. The van der Waals surface area contributed by atoms with E-state index in [0.717, 1.165) is 0 Å². The number of nitrogen functional groups attached to an aromatic ring is 1. The number of rotatable bonds is 4. The van der Waals surface area contributed by atoms with Crippen LogP contribution >= 0.6 is 11.8 Å². The lowest BCUT2D eigenvalue weighted by atomic mass is 10.2. The van der Waals surface area contributed by atoms with Crippen molar-refractivity contribution in [3.63, 3.8) is 0 Å². The second kappa shape index (κ2) is 7.30. The van der Waals surface area contributed by atoms with Gasteiger partial charge in [0.05, 0.1) is 22.7 Å². The van der Waals surface area contributed by atoms with Gasteiger partial charge in [0, 0.05) is 5.56 Å². The van der Waals surface area contributed by atoms with Crippen molar-refractivity contribution in [3.8, 4) is 0 Å². The van der Waals surface area contributed by atoms with E-state index >= 15 is 0 Å². The summed E-state index contributed by atoms with van der Waals surface area (Å²) >= 11 is 1.25. The van der Waals surface area contributed by atoms with Crippen LogP contribution in [0.15, 0.2) is 53.7 Å². The van der Waals surface area contributed by atoms with E-state index in [4.69, 9.17) is 5.73 Å². The number of hydrogen-bond acceptors (Lipinski definition) is 5. The minimum absolute atomic E-state index is 0.145. The quantitative estimate of drug-likeness (QED) is 0.583.